The van der Waals surface area contributed by atoms with Crippen LogP contribution in [0.5, 0.6) is 5.75 Å². The van der Waals surface area contributed by atoms with Crippen molar-refractivity contribution >= 4 is 96.0 Å². The van der Waals surface area contributed by atoms with Gasteiger partial charge in [0.25, 0.3) is 5.91 Å². The molecule has 3 aromatic carbocycles. The van der Waals surface area contributed by atoms with Gasteiger partial charge in [-0.25, -0.2) is 27.5 Å². The van der Waals surface area contributed by atoms with Crippen molar-refractivity contribution in [2.24, 2.45) is 0 Å². The molecular weight excluding hydrogens is 948 g/mol. The number of sulfonamides is 1. The van der Waals surface area contributed by atoms with Gasteiger partial charge in [0, 0.05) is 54.3 Å². The highest BCUT2D eigenvalue weighted by molar-refractivity contribution is 7.88. The minimum Gasteiger partial charge on any atom is -0.479 e. The van der Waals surface area contributed by atoms with Crippen molar-refractivity contribution in [3.63, 3.8) is 0 Å². The number of carboxylic acid groups (broad SMARTS) is 2. The van der Waals surface area contributed by atoms with E-state index in [0.717, 1.165) is 64.8 Å². The third kappa shape index (κ3) is 8.63. The minimum atomic E-state index is -3.86. The number of carboxylic acids is 2. The van der Waals surface area contributed by atoms with Crippen LogP contribution in [0, 0.1) is 0 Å². The SMILES string of the molecule is CC1(C)CC(Nc2cccc(-c3sc(C(=O)O)c(OCC(=O)O)c3Cl)c2)CCN1S(=O)(=O)Cc1ncc2cc(N3CCC(c4ccc5c6c(cccc46)C(=O)N5C4CCC(=O)NC4=O)CC3)cn2n1. The Balaban J connectivity index is 0.778. The number of rotatable bonds is 13. The summed E-state index contributed by atoms with van der Waals surface area (Å²) in [4.78, 5) is 69.9. The molecule has 4 aliphatic heterocycles. The number of nitrogens with zero attached hydrogens (tertiary/aromatic N) is 6. The van der Waals surface area contributed by atoms with E-state index in [1.807, 2.05) is 56.4 Å². The van der Waals surface area contributed by atoms with Gasteiger partial charge >= 0.3 is 11.9 Å². The molecule has 0 bridgehead atoms. The summed E-state index contributed by atoms with van der Waals surface area (Å²) in [6, 6.07) is 18.1. The topological polar surface area (TPSA) is 233 Å². The van der Waals surface area contributed by atoms with Crippen LogP contribution < -0.4 is 25.2 Å². The van der Waals surface area contributed by atoms with Gasteiger partial charge in [0.1, 0.15) is 16.8 Å². The maximum absolute atomic E-state index is 14.1. The van der Waals surface area contributed by atoms with Gasteiger partial charge < -0.3 is 25.2 Å². The second-order valence-corrected chi connectivity index (χ2v) is 21.8. The predicted octanol–water partition coefficient (Wildman–Crippen LogP) is 6.76. The lowest BCUT2D eigenvalue weighted by Crippen LogP contribution is -2.55. The van der Waals surface area contributed by atoms with Gasteiger partial charge in [-0.05, 0) is 98.7 Å². The van der Waals surface area contributed by atoms with Crippen LogP contribution in [-0.4, -0.2) is 111 Å². The number of carbonyl (C=O) groups is 5. The number of nitrogens with one attached hydrogen (secondary N) is 2. The molecule has 3 saturated heterocycles. The number of benzene rings is 3. The third-order valence-electron chi connectivity index (χ3n) is 13.6. The Morgan fingerprint density at radius 3 is 2.52 bits per heavy atom. The molecule has 4 N–H and O–H groups in total. The van der Waals surface area contributed by atoms with Gasteiger partial charge in [0.2, 0.25) is 21.8 Å². The number of carbonyl (C=O) groups excluding carboxylic acids is 3. The van der Waals surface area contributed by atoms with Gasteiger partial charge in [-0.15, -0.1) is 11.3 Å². The lowest BCUT2D eigenvalue weighted by atomic mass is 9.85. The van der Waals surface area contributed by atoms with Gasteiger partial charge in [-0.3, -0.25) is 24.6 Å². The van der Waals surface area contributed by atoms with Crippen LogP contribution in [0.2, 0.25) is 5.02 Å². The zero-order valence-corrected chi connectivity index (χ0v) is 39.9. The molecule has 358 valence electrons. The highest BCUT2D eigenvalue weighted by Crippen LogP contribution is 2.47. The number of fused-ring (bicyclic) bond motifs is 1. The summed E-state index contributed by atoms with van der Waals surface area (Å²) in [7, 11) is -3.86. The first-order valence-electron chi connectivity index (χ1n) is 22.6. The molecular formula is C48H47ClN8O10S2. The summed E-state index contributed by atoms with van der Waals surface area (Å²) in [6.45, 7) is 4.80. The van der Waals surface area contributed by atoms with Crippen molar-refractivity contribution in [2.45, 2.75) is 81.7 Å². The highest BCUT2D eigenvalue weighted by atomic mass is 35.5. The van der Waals surface area contributed by atoms with E-state index in [0.29, 0.717) is 40.2 Å². The van der Waals surface area contributed by atoms with Crippen molar-refractivity contribution in [3.8, 4) is 16.2 Å². The Morgan fingerprint density at radius 1 is 1.00 bits per heavy atom. The molecule has 7 heterocycles. The quantitative estimate of drug-likeness (QED) is 0.0876. The number of imide groups is 1. The monoisotopic (exact) mass is 994 g/mol. The van der Waals surface area contributed by atoms with Crippen LogP contribution in [0.15, 0.2) is 73.1 Å². The Bertz CT molecular complexity index is 3240. The maximum atomic E-state index is 14.1. The number of aromatic nitrogens is 3. The standard InChI is InChI=1S/C48H47ClN8O10S2/c1-48(2)21-29(51-28-6-3-5-27(19-28)43-41(49)42(67-24-39(59)60)44(68-43)47(63)64)15-18-56(48)69(65,66)25-37-50-22-30-20-31(23-55(30)53-37)54-16-13-26(14-17-54)32-9-10-35-40-33(32)7-4-8-34(40)46(62)57(35)36-11-12-38(58)52-45(36)61/h3-10,19-20,22-23,26,29,36,51H,11-18,21,24-25H2,1-2H3,(H,59,60)(H,63,64)(H,52,58,61). The molecule has 18 nitrogen and oxygen atoms in total. The molecule has 0 aliphatic carbocycles. The van der Waals surface area contributed by atoms with Gasteiger partial charge in [-0.1, -0.05) is 41.9 Å². The second-order valence-electron chi connectivity index (χ2n) is 18.5. The first kappa shape index (κ1) is 46.1. The van der Waals surface area contributed by atoms with Crippen LogP contribution in [0.4, 0.5) is 17.1 Å². The molecule has 69 heavy (non-hydrogen) atoms. The smallest absolute Gasteiger partial charge is 0.349 e. The van der Waals surface area contributed by atoms with Crippen molar-refractivity contribution in [1.29, 1.82) is 0 Å². The molecule has 10 rings (SSSR count). The number of anilines is 3. The van der Waals surface area contributed by atoms with Crippen LogP contribution in [0.25, 0.3) is 26.7 Å². The van der Waals surface area contributed by atoms with E-state index in [9.17, 15) is 37.5 Å². The van der Waals surface area contributed by atoms with Crippen molar-refractivity contribution in [2.75, 3.05) is 41.4 Å². The molecule has 6 aromatic rings. The maximum Gasteiger partial charge on any atom is 0.349 e. The first-order chi connectivity index (χ1) is 33.0. The van der Waals surface area contributed by atoms with E-state index >= 15 is 0 Å². The summed E-state index contributed by atoms with van der Waals surface area (Å²) in [5, 5.41) is 31.2. The number of aromatic carboxylic acids is 1. The Kier molecular flexibility index (Phi) is 11.9. The number of ether oxygens (including phenoxy) is 1. The lowest BCUT2D eigenvalue weighted by Gasteiger charge is -2.44. The lowest BCUT2D eigenvalue weighted by molar-refractivity contribution is -0.139. The Hall–Kier alpha value is -6.61. The van der Waals surface area contributed by atoms with Crippen LogP contribution in [-0.2, 0) is 30.2 Å². The molecule has 3 fully saturated rings. The van der Waals surface area contributed by atoms with E-state index in [-0.39, 0.29) is 70.4 Å². The van der Waals surface area contributed by atoms with Crippen molar-refractivity contribution in [3.05, 3.63) is 99.9 Å². The van der Waals surface area contributed by atoms with E-state index in [2.05, 4.69) is 31.7 Å². The summed E-state index contributed by atoms with van der Waals surface area (Å²) in [6.07, 6.45) is 6.70. The third-order valence-corrected chi connectivity index (χ3v) is 17.2. The number of halogens is 1. The van der Waals surface area contributed by atoms with Gasteiger partial charge in [0.15, 0.2) is 23.1 Å². The molecule has 0 spiro atoms. The fourth-order valence-electron chi connectivity index (χ4n) is 10.5. The number of amides is 3. The fraction of sp³-hybridized carbons (Fsp3) is 0.354. The molecule has 2 unspecified atom stereocenters. The minimum absolute atomic E-state index is 0.00347. The normalized spacial score (nSPS) is 19.9. The van der Waals surface area contributed by atoms with Crippen LogP contribution in [0.3, 0.4) is 0 Å². The molecule has 2 atom stereocenters. The van der Waals surface area contributed by atoms with Crippen molar-refractivity contribution in [1.82, 2.24) is 24.2 Å². The van der Waals surface area contributed by atoms with Crippen molar-refractivity contribution < 1.29 is 47.3 Å². The zero-order chi connectivity index (χ0) is 48.5. The summed E-state index contributed by atoms with van der Waals surface area (Å²) in [5.41, 5.74) is 4.65. The molecule has 21 heteroatoms. The summed E-state index contributed by atoms with van der Waals surface area (Å²) < 4.78 is 36.6. The summed E-state index contributed by atoms with van der Waals surface area (Å²) in [5.74, 6) is -3.75. The molecule has 0 radical (unpaired) electrons. The Labute approximate surface area is 404 Å². The predicted molar refractivity (Wildman–Crippen MR) is 259 cm³/mol. The molecule has 3 aromatic heterocycles. The Morgan fingerprint density at radius 2 is 1.78 bits per heavy atom. The van der Waals surface area contributed by atoms with E-state index < -0.39 is 46.1 Å². The number of hydrogen-bond acceptors (Lipinski definition) is 13. The van der Waals surface area contributed by atoms with E-state index in [1.165, 1.54) is 4.31 Å². The van der Waals surface area contributed by atoms with E-state index in [1.54, 1.807) is 33.8 Å². The number of aliphatic carboxylic acids is 1. The zero-order valence-electron chi connectivity index (χ0n) is 37.5. The van der Waals surface area contributed by atoms with Crippen LogP contribution in [0.1, 0.15) is 89.7 Å². The number of piperidine rings is 3. The number of hydrogen-bond donors (Lipinski definition) is 4. The average molecular weight is 996 g/mol. The number of thiophene rings is 1. The second kappa shape index (κ2) is 17.7. The largest absolute Gasteiger partial charge is 0.479 e. The highest BCUT2D eigenvalue weighted by Gasteiger charge is 2.43. The average Bonchev–Trinajstić information content (AvgIpc) is 3.97. The van der Waals surface area contributed by atoms with Gasteiger partial charge in [0.05, 0.1) is 34.2 Å². The molecule has 4 aliphatic rings. The first-order valence-corrected chi connectivity index (χ1v) is 25.4. The fourth-order valence-corrected chi connectivity index (χ4v) is 13.7. The molecule has 0 saturated carbocycles. The van der Waals surface area contributed by atoms with Crippen LogP contribution >= 0.6 is 22.9 Å². The van der Waals surface area contributed by atoms with E-state index in [4.69, 9.17) is 21.4 Å². The van der Waals surface area contributed by atoms with Gasteiger partial charge in [-0.2, -0.15) is 9.40 Å². The molecule has 3 amide bonds. The summed E-state index contributed by atoms with van der Waals surface area (Å²) >= 11 is 7.42.